The van der Waals surface area contributed by atoms with Gasteiger partial charge >= 0.3 is 11.9 Å². The zero-order valence-electron chi connectivity index (χ0n) is 15.5. The lowest BCUT2D eigenvalue weighted by Gasteiger charge is -2.56. The Morgan fingerprint density at radius 3 is 2.60 bits per heavy atom. The Morgan fingerprint density at radius 2 is 2.04 bits per heavy atom. The van der Waals surface area contributed by atoms with Crippen LogP contribution < -0.4 is 0 Å². The fourth-order valence-electron chi connectivity index (χ4n) is 5.27. The molecule has 2 aliphatic carbocycles. The highest BCUT2D eigenvalue weighted by molar-refractivity contribution is 5.91. The van der Waals surface area contributed by atoms with Gasteiger partial charge in [-0.3, -0.25) is 14.4 Å². The highest BCUT2D eigenvalue weighted by Gasteiger charge is 2.60. The fourth-order valence-corrected chi connectivity index (χ4v) is 5.27. The van der Waals surface area contributed by atoms with Crippen molar-refractivity contribution >= 4 is 18.2 Å². The van der Waals surface area contributed by atoms with E-state index in [4.69, 9.17) is 5.11 Å². The third-order valence-corrected chi connectivity index (χ3v) is 7.03. The van der Waals surface area contributed by atoms with E-state index in [0.717, 1.165) is 38.4 Å². The van der Waals surface area contributed by atoms with E-state index in [1.54, 1.807) is 6.08 Å². The normalized spacial score (nSPS) is 36.0. The van der Waals surface area contributed by atoms with E-state index in [0.29, 0.717) is 17.9 Å². The second-order valence-corrected chi connectivity index (χ2v) is 8.37. The van der Waals surface area contributed by atoms with Crippen molar-refractivity contribution in [3.05, 3.63) is 11.6 Å². The Kier molecular flexibility index (Phi) is 5.75. The van der Waals surface area contributed by atoms with E-state index in [9.17, 15) is 19.5 Å². The molecule has 0 heterocycles. The first-order valence-electron chi connectivity index (χ1n) is 9.29. The summed E-state index contributed by atoms with van der Waals surface area (Å²) in [5.74, 6) is -1.34. The van der Waals surface area contributed by atoms with E-state index < -0.39 is 17.4 Å². The Balaban J connectivity index is 2.33. The van der Waals surface area contributed by atoms with Gasteiger partial charge in [-0.25, -0.2) is 0 Å². The van der Waals surface area contributed by atoms with Crippen LogP contribution in [-0.4, -0.2) is 28.4 Å². The number of carbonyl (C=O) groups is 3. The Hall–Kier alpha value is -1.65. The first-order valence-corrected chi connectivity index (χ1v) is 9.29. The van der Waals surface area contributed by atoms with Gasteiger partial charge in [0.15, 0.2) is 0 Å². The van der Waals surface area contributed by atoms with Gasteiger partial charge in [0.2, 0.25) is 0 Å². The molecule has 0 aromatic rings. The third kappa shape index (κ3) is 3.38. The van der Waals surface area contributed by atoms with Crippen molar-refractivity contribution in [2.45, 2.75) is 65.7 Å². The van der Waals surface area contributed by atoms with Crippen molar-refractivity contribution in [1.82, 2.24) is 0 Å². The highest BCUT2D eigenvalue weighted by atomic mass is 16.4. The fraction of sp³-hybridized carbons (Fsp3) is 0.750. The number of carboxylic acids is 2. The predicted octanol–water partition coefficient (Wildman–Crippen LogP) is 3.92. The van der Waals surface area contributed by atoms with Gasteiger partial charge in [-0.15, -0.1) is 0 Å². The molecule has 2 N–H and O–H groups in total. The van der Waals surface area contributed by atoms with Gasteiger partial charge < -0.3 is 10.2 Å². The molecule has 1 fully saturated rings. The van der Waals surface area contributed by atoms with Gasteiger partial charge in [0.05, 0.1) is 5.41 Å². The van der Waals surface area contributed by atoms with Crippen LogP contribution in [0.1, 0.15) is 65.7 Å². The van der Waals surface area contributed by atoms with E-state index in [1.165, 1.54) is 0 Å². The smallest absolute Gasteiger partial charge is 0.314 e. The summed E-state index contributed by atoms with van der Waals surface area (Å²) in [6.07, 6.45) is 7.05. The second kappa shape index (κ2) is 7.30. The summed E-state index contributed by atoms with van der Waals surface area (Å²) < 4.78 is 0. The summed E-state index contributed by atoms with van der Waals surface area (Å²) in [6.45, 7) is 6.26. The molecule has 25 heavy (non-hydrogen) atoms. The van der Waals surface area contributed by atoms with Crippen molar-refractivity contribution in [1.29, 1.82) is 0 Å². The number of rotatable bonds is 7. The van der Waals surface area contributed by atoms with Crippen molar-refractivity contribution in [3.63, 3.8) is 0 Å². The summed E-state index contributed by atoms with van der Waals surface area (Å²) in [6, 6.07) is 0. The van der Waals surface area contributed by atoms with Gasteiger partial charge in [-0.1, -0.05) is 26.8 Å². The van der Waals surface area contributed by atoms with Crippen LogP contribution in [0.5, 0.6) is 0 Å². The van der Waals surface area contributed by atoms with Gasteiger partial charge in [0, 0.05) is 12.0 Å². The molecular weight excluding hydrogens is 320 g/mol. The molecule has 0 saturated heterocycles. The molecule has 2 rings (SSSR count). The molecule has 0 radical (unpaired) electrons. The average molecular weight is 350 g/mol. The third-order valence-electron chi connectivity index (χ3n) is 7.03. The topological polar surface area (TPSA) is 91.7 Å². The number of aldehydes is 1. The SMILES string of the molecule is C[C@H](CC[C@@]1(C)[C@H](C)CC[C@@]2(C(=O)O)C(C=O)=CCC[C@@H]21)CC(=O)O. The summed E-state index contributed by atoms with van der Waals surface area (Å²) >= 11 is 0. The van der Waals surface area contributed by atoms with E-state index in [1.807, 2.05) is 6.92 Å². The molecule has 140 valence electrons. The first-order chi connectivity index (χ1) is 11.7. The number of carboxylic acid groups (broad SMARTS) is 2. The molecular formula is C20H30O5. The number of hydrogen-bond acceptors (Lipinski definition) is 3. The van der Waals surface area contributed by atoms with Crippen LogP contribution in [0.25, 0.3) is 0 Å². The largest absolute Gasteiger partial charge is 0.481 e. The van der Waals surface area contributed by atoms with E-state index in [-0.39, 0.29) is 23.7 Å². The molecule has 0 unspecified atom stereocenters. The lowest BCUT2D eigenvalue weighted by Crippen LogP contribution is -2.55. The molecule has 5 nitrogen and oxygen atoms in total. The molecule has 5 atom stereocenters. The predicted molar refractivity (Wildman–Crippen MR) is 94.1 cm³/mol. The second-order valence-electron chi connectivity index (χ2n) is 8.37. The molecule has 0 aromatic carbocycles. The lowest BCUT2D eigenvalue weighted by atomic mass is 9.46. The Labute approximate surface area is 149 Å². The van der Waals surface area contributed by atoms with Crippen LogP contribution in [-0.2, 0) is 14.4 Å². The van der Waals surface area contributed by atoms with Gasteiger partial charge in [0.25, 0.3) is 0 Å². The van der Waals surface area contributed by atoms with Crippen LogP contribution in [0.4, 0.5) is 0 Å². The standard InChI is InChI=1S/C20H30O5/c1-13(11-17(22)23)7-9-19(3)14(2)8-10-20(18(24)25)15(12-21)5-4-6-16(19)20/h5,12-14,16H,4,6-11H2,1-3H3,(H,22,23)(H,24,25)/t13-,14-,16-,19+,20-/m1/s1. The Bertz CT molecular complexity index is 581. The van der Waals surface area contributed by atoms with Crippen molar-refractivity contribution in [2.24, 2.45) is 28.6 Å². The summed E-state index contributed by atoms with van der Waals surface area (Å²) in [7, 11) is 0. The number of aliphatic carboxylic acids is 2. The summed E-state index contributed by atoms with van der Waals surface area (Å²) in [4.78, 5) is 34.8. The van der Waals surface area contributed by atoms with Gasteiger partial charge in [-0.2, -0.15) is 0 Å². The quantitative estimate of drug-likeness (QED) is 0.679. The number of allylic oxidation sites excluding steroid dienone is 1. The first kappa shape index (κ1) is 19.7. The maximum atomic E-state index is 12.3. The van der Waals surface area contributed by atoms with Crippen molar-refractivity contribution in [3.8, 4) is 0 Å². The highest BCUT2D eigenvalue weighted by Crippen LogP contribution is 2.62. The number of hydrogen-bond donors (Lipinski definition) is 2. The summed E-state index contributed by atoms with van der Waals surface area (Å²) in [5, 5.41) is 19.0. The van der Waals surface area contributed by atoms with Crippen LogP contribution in [0, 0.1) is 28.6 Å². The molecule has 2 aliphatic rings. The molecule has 0 bridgehead atoms. The molecule has 5 heteroatoms. The van der Waals surface area contributed by atoms with E-state index >= 15 is 0 Å². The van der Waals surface area contributed by atoms with Gasteiger partial charge in [-0.05, 0) is 61.7 Å². The van der Waals surface area contributed by atoms with Crippen LogP contribution >= 0.6 is 0 Å². The van der Waals surface area contributed by atoms with Crippen LogP contribution in [0.15, 0.2) is 11.6 Å². The molecule has 0 spiro atoms. The molecule has 0 aliphatic heterocycles. The van der Waals surface area contributed by atoms with Gasteiger partial charge in [0.1, 0.15) is 6.29 Å². The maximum absolute atomic E-state index is 12.3. The molecule has 0 amide bonds. The minimum atomic E-state index is -1.07. The minimum Gasteiger partial charge on any atom is -0.481 e. The summed E-state index contributed by atoms with van der Waals surface area (Å²) in [5.41, 5.74) is -0.837. The van der Waals surface area contributed by atoms with Crippen LogP contribution in [0.3, 0.4) is 0 Å². The molecule has 1 saturated carbocycles. The maximum Gasteiger partial charge on any atom is 0.314 e. The van der Waals surface area contributed by atoms with Crippen molar-refractivity contribution < 1.29 is 24.6 Å². The average Bonchev–Trinajstić information content (AvgIpc) is 2.55. The zero-order chi connectivity index (χ0) is 18.8. The zero-order valence-corrected chi connectivity index (χ0v) is 15.5. The lowest BCUT2D eigenvalue weighted by molar-refractivity contribution is -0.163. The monoisotopic (exact) mass is 350 g/mol. The number of fused-ring (bicyclic) bond motifs is 1. The van der Waals surface area contributed by atoms with E-state index in [2.05, 4.69) is 13.8 Å². The molecule has 0 aromatic heterocycles. The minimum absolute atomic E-state index is 0.0624. The number of carbonyl (C=O) groups excluding carboxylic acids is 1. The Morgan fingerprint density at radius 1 is 1.36 bits per heavy atom. The van der Waals surface area contributed by atoms with Crippen LogP contribution in [0.2, 0.25) is 0 Å². The van der Waals surface area contributed by atoms with Crippen molar-refractivity contribution in [2.75, 3.05) is 0 Å².